The minimum atomic E-state index is -0.971. The molecule has 0 fully saturated rings. The average molecular weight is 315 g/mol. The van der Waals surface area contributed by atoms with Crippen molar-refractivity contribution in [2.75, 3.05) is 11.4 Å². The summed E-state index contributed by atoms with van der Waals surface area (Å²) in [6.45, 7) is 8.22. The number of carbonyl (C=O) groups excluding carboxylic acids is 1. The molecule has 1 amide bonds. The van der Waals surface area contributed by atoms with Gasteiger partial charge in [0.25, 0.3) is 0 Å². The predicted octanol–water partition coefficient (Wildman–Crippen LogP) is 4.43. The number of anilines is 1. The molecule has 23 heavy (non-hydrogen) atoms. The smallest absolute Gasteiger partial charge is 0.335 e. The van der Waals surface area contributed by atoms with E-state index < -0.39 is 5.97 Å². The highest BCUT2D eigenvalue weighted by molar-refractivity contribution is 5.93. The van der Waals surface area contributed by atoms with Crippen molar-refractivity contribution in [1.29, 1.82) is 0 Å². The molecular formula is C19H25NO3. The summed E-state index contributed by atoms with van der Waals surface area (Å²) in [5.41, 5.74) is 3.46. The topological polar surface area (TPSA) is 57.6 Å². The van der Waals surface area contributed by atoms with Crippen molar-refractivity contribution in [3.05, 3.63) is 53.1 Å². The minimum absolute atomic E-state index is 0.0681. The molecule has 0 radical (unpaired) electrons. The Balaban J connectivity index is 2.77. The fourth-order valence-electron chi connectivity index (χ4n) is 2.14. The lowest BCUT2D eigenvalue weighted by Gasteiger charge is -2.20. The molecule has 124 valence electrons. The van der Waals surface area contributed by atoms with Gasteiger partial charge in [-0.25, -0.2) is 4.79 Å². The molecule has 4 nitrogen and oxygen atoms in total. The van der Waals surface area contributed by atoms with Crippen molar-refractivity contribution >= 4 is 17.6 Å². The van der Waals surface area contributed by atoms with Crippen LogP contribution in [-0.4, -0.2) is 23.5 Å². The van der Waals surface area contributed by atoms with E-state index in [-0.39, 0.29) is 11.5 Å². The van der Waals surface area contributed by atoms with Gasteiger partial charge in [0.15, 0.2) is 0 Å². The van der Waals surface area contributed by atoms with Crippen LogP contribution >= 0.6 is 0 Å². The Bertz CT molecular complexity index is 608. The van der Waals surface area contributed by atoms with E-state index in [0.29, 0.717) is 12.2 Å². The van der Waals surface area contributed by atoms with Crippen LogP contribution in [0.4, 0.5) is 5.69 Å². The van der Waals surface area contributed by atoms with E-state index in [1.165, 1.54) is 30.2 Å². The van der Waals surface area contributed by atoms with Crippen molar-refractivity contribution in [3.63, 3.8) is 0 Å². The number of carboxylic acid groups (broad SMARTS) is 1. The molecule has 0 saturated carbocycles. The molecule has 0 bridgehead atoms. The molecule has 0 aliphatic heterocycles. The van der Waals surface area contributed by atoms with E-state index in [1.807, 2.05) is 6.08 Å². The van der Waals surface area contributed by atoms with Crippen molar-refractivity contribution in [2.45, 2.75) is 40.5 Å². The molecule has 0 aliphatic carbocycles. The van der Waals surface area contributed by atoms with E-state index in [9.17, 15) is 9.59 Å². The molecule has 1 aromatic carbocycles. The van der Waals surface area contributed by atoms with Gasteiger partial charge in [0.05, 0.1) is 5.56 Å². The SMILES string of the molecule is CC(=O)N(C/C=C(\C)CCC=C(C)C)c1ccc(C(=O)O)cc1. The molecule has 0 saturated heterocycles. The maximum absolute atomic E-state index is 11.8. The lowest BCUT2D eigenvalue weighted by Crippen LogP contribution is -2.28. The van der Waals surface area contributed by atoms with Gasteiger partial charge in [-0.2, -0.15) is 0 Å². The second-order valence-corrected chi connectivity index (χ2v) is 5.85. The summed E-state index contributed by atoms with van der Waals surface area (Å²) < 4.78 is 0. The van der Waals surface area contributed by atoms with Crippen molar-refractivity contribution < 1.29 is 14.7 Å². The van der Waals surface area contributed by atoms with E-state index in [0.717, 1.165) is 12.8 Å². The molecule has 1 aromatic rings. The monoisotopic (exact) mass is 315 g/mol. The number of allylic oxidation sites excluding steroid dienone is 3. The zero-order chi connectivity index (χ0) is 17.4. The van der Waals surface area contributed by atoms with Gasteiger partial charge in [-0.05, 0) is 57.9 Å². The summed E-state index contributed by atoms with van der Waals surface area (Å²) in [7, 11) is 0. The zero-order valence-electron chi connectivity index (χ0n) is 14.3. The summed E-state index contributed by atoms with van der Waals surface area (Å²) in [6.07, 6.45) is 6.21. The van der Waals surface area contributed by atoms with Crippen LogP contribution in [-0.2, 0) is 4.79 Å². The summed E-state index contributed by atoms with van der Waals surface area (Å²) >= 11 is 0. The third kappa shape index (κ3) is 6.51. The summed E-state index contributed by atoms with van der Waals surface area (Å²) in [6, 6.07) is 6.35. The van der Waals surface area contributed by atoms with Crippen LogP contribution in [0.2, 0.25) is 0 Å². The van der Waals surface area contributed by atoms with Crippen LogP contribution in [0.1, 0.15) is 50.9 Å². The fourth-order valence-corrected chi connectivity index (χ4v) is 2.14. The van der Waals surface area contributed by atoms with Crippen molar-refractivity contribution in [3.8, 4) is 0 Å². The second-order valence-electron chi connectivity index (χ2n) is 5.85. The van der Waals surface area contributed by atoms with E-state index >= 15 is 0 Å². The standard InChI is InChI=1S/C19H25NO3/c1-14(2)6-5-7-15(3)12-13-20(16(4)21)18-10-8-17(9-11-18)19(22)23/h6,8-12H,5,7,13H2,1-4H3,(H,22,23)/b15-12+. The first-order valence-corrected chi connectivity index (χ1v) is 7.71. The normalized spacial score (nSPS) is 11.0. The first-order valence-electron chi connectivity index (χ1n) is 7.71. The van der Waals surface area contributed by atoms with Gasteiger partial charge in [-0.3, -0.25) is 4.79 Å². The molecule has 1 N–H and O–H groups in total. The predicted molar refractivity (Wildman–Crippen MR) is 93.9 cm³/mol. The van der Waals surface area contributed by atoms with Gasteiger partial charge in [0.2, 0.25) is 5.91 Å². The Labute approximate surface area is 138 Å². The fraction of sp³-hybridized carbons (Fsp3) is 0.368. The Morgan fingerprint density at radius 3 is 2.13 bits per heavy atom. The second kappa shape index (κ2) is 8.93. The number of aromatic carboxylic acids is 1. The highest BCUT2D eigenvalue weighted by atomic mass is 16.4. The number of rotatable bonds is 7. The molecule has 0 aliphatic rings. The third-order valence-corrected chi connectivity index (χ3v) is 3.52. The summed E-state index contributed by atoms with van der Waals surface area (Å²) in [5, 5.41) is 8.93. The summed E-state index contributed by atoms with van der Waals surface area (Å²) in [5.74, 6) is -1.04. The number of amides is 1. The number of benzene rings is 1. The number of hydrogen-bond acceptors (Lipinski definition) is 2. The van der Waals surface area contributed by atoms with Gasteiger partial charge in [0.1, 0.15) is 0 Å². The number of carbonyl (C=O) groups is 2. The third-order valence-electron chi connectivity index (χ3n) is 3.52. The Morgan fingerprint density at radius 1 is 1.04 bits per heavy atom. The summed E-state index contributed by atoms with van der Waals surface area (Å²) in [4.78, 5) is 24.4. The zero-order valence-corrected chi connectivity index (χ0v) is 14.3. The van der Waals surface area contributed by atoms with Crippen LogP contribution in [0.5, 0.6) is 0 Å². The van der Waals surface area contributed by atoms with Crippen molar-refractivity contribution in [2.24, 2.45) is 0 Å². The highest BCUT2D eigenvalue weighted by Gasteiger charge is 2.11. The van der Waals surface area contributed by atoms with Crippen LogP contribution in [0.3, 0.4) is 0 Å². The van der Waals surface area contributed by atoms with Gasteiger partial charge in [-0.1, -0.05) is 23.3 Å². The van der Waals surface area contributed by atoms with Gasteiger partial charge < -0.3 is 10.0 Å². The lowest BCUT2D eigenvalue weighted by atomic mass is 10.1. The van der Waals surface area contributed by atoms with Crippen LogP contribution in [0.15, 0.2) is 47.6 Å². The molecule has 0 aromatic heterocycles. The largest absolute Gasteiger partial charge is 0.478 e. The van der Waals surface area contributed by atoms with Gasteiger partial charge in [-0.15, -0.1) is 0 Å². The molecular weight excluding hydrogens is 290 g/mol. The molecule has 4 heteroatoms. The Kier molecular flexibility index (Phi) is 7.26. The van der Waals surface area contributed by atoms with E-state index in [2.05, 4.69) is 26.8 Å². The highest BCUT2D eigenvalue weighted by Crippen LogP contribution is 2.17. The Morgan fingerprint density at radius 2 is 1.65 bits per heavy atom. The minimum Gasteiger partial charge on any atom is -0.478 e. The Hall–Kier alpha value is -2.36. The average Bonchev–Trinajstić information content (AvgIpc) is 2.47. The molecule has 0 atom stereocenters. The van der Waals surface area contributed by atoms with E-state index in [4.69, 9.17) is 5.11 Å². The quantitative estimate of drug-likeness (QED) is 0.757. The van der Waals surface area contributed by atoms with Crippen LogP contribution in [0, 0.1) is 0 Å². The molecule has 0 spiro atoms. The number of carboxylic acids is 1. The van der Waals surface area contributed by atoms with Gasteiger partial charge in [0, 0.05) is 19.2 Å². The number of hydrogen-bond donors (Lipinski definition) is 1. The first kappa shape index (κ1) is 18.7. The van der Waals surface area contributed by atoms with E-state index in [1.54, 1.807) is 17.0 Å². The van der Waals surface area contributed by atoms with Gasteiger partial charge >= 0.3 is 5.97 Å². The maximum atomic E-state index is 11.8. The molecule has 1 rings (SSSR count). The maximum Gasteiger partial charge on any atom is 0.335 e. The number of nitrogens with zero attached hydrogens (tertiary/aromatic N) is 1. The molecule has 0 unspecified atom stereocenters. The first-order chi connectivity index (χ1) is 10.8. The van der Waals surface area contributed by atoms with Crippen LogP contribution in [0.25, 0.3) is 0 Å². The van der Waals surface area contributed by atoms with Crippen LogP contribution < -0.4 is 4.90 Å². The lowest BCUT2D eigenvalue weighted by molar-refractivity contribution is -0.116. The van der Waals surface area contributed by atoms with Crippen molar-refractivity contribution in [1.82, 2.24) is 0 Å². The molecule has 0 heterocycles.